The van der Waals surface area contributed by atoms with Crippen LogP contribution in [0, 0.1) is 0 Å². The minimum absolute atomic E-state index is 0.0802. The molecule has 0 atom stereocenters. The lowest BCUT2D eigenvalue weighted by Gasteiger charge is -2.08. The number of fused-ring (bicyclic) bond motifs is 1. The Morgan fingerprint density at radius 1 is 1.15 bits per heavy atom. The summed E-state index contributed by atoms with van der Waals surface area (Å²) in [6, 6.07) is 12.5. The van der Waals surface area contributed by atoms with E-state index < -0.39 is 0 Å². The highest BCUT2D eigenvalue weighted by atomic mass is 16.2. The van der Waals surface area contributed by atoms with E-state index in [1.807, 2.05) is 49.5 Å². The number of rotatable bonds is 6. The van der Waals surface area contributed by atoms with Gasteiger partial charge in [-0.1, -0.05) is 6.07 Å². The van der Waals surface area contributed by atoms with Crippen molar-refractivity contribution in [3.63, 3.8) is 0 Å². The predicted molar refractivity (Wildman–Crippen MR) is 129 cm³/mol. The van der Waals surface area contributed by atoms with E-state index in [1.54, 1.807) is 29.3 Å². The van der Waals surface area contributed by atoms with E-state index in [1.165, 1.54) is 0 Å². The summed E-state index contributed by atoms with van der Waals surface area (Å²) in [5, 5.41) is 9.70. The minimum Gasteiger partial charge on any atom is -0.361 e. The molecule has 0 aliphatic heterocycles. The number of H-pyrrole nitrogens is 2. The number of aromatic nitrogens is 6. The molecule has 0 fully saturated rings. The van der Waals surface area contributed by atoms with Gasteiger partial charge in [0.2, 0.25) is 5.95 Å². The lowest BCUT2D eigenvalue weighted by molar-refractivity contribution is 0.252. The number of aromatic amines is 2. The smallest absolute Gasteiger partial charge is 0.321 e. The second-order valence-corrected chi connectivity index (χ2v) is 7.65. The van der Waals surface area contributed by atoms with Gasteiger partial charge in [-0.15, -0.1) is 0 Å². The van der Waals surface area contributed by atoms with Gasteiger partial charge in [-0.25, -0.2) is 14.5 Å². The Labute approximate surface area is 194 Å². The van der Waals surface area contributed by atoms with Gasteiger partial charge in [-0.2, -0.15) is 5.10 Å². The molecule has 34 heavy (non-hydrogen) atoms. The third kappa shape index (κ3) is 4.29. The number of anilines is 1. The van der Waals surface area contributed by atoms with Gasteiger partial charge >= 0.3 is 6.03 Å². The van der Waals surface area contributed by atoms with Crippen molar-refractivity contribution < 1.29 is 4.79 Å². The lowest BCUT2D eigenvalue weighted by Crippen LogP contribution is -2.28. The molecule has 170 valence electrons. The van der Waals surface area contributed by atoms with Crippen molar-refractivity contribution in [3.8, 4) is 16.9 Å². The molecule has 2 amide bonds. The average molecular weight is 454 g/mol. The number of imidazole rings is 1. The van der Waals surface area contributed by atoms with E-state index in [-0.39, 0.29) is 11.5 Å². The standard InChI is InChI=1S/C24H22N8O2/c1-2-25-24(34)31-23-29-19-11-15(12-20(22(19)30-23)32-9-5-8-28-32)18-13-21(33)16(14-27-18)10-17-6-3-4-7-26-17/h3-9,11-14H,2,10H2,1H3,(H,27,33)(H3,25,29,30,31,34). The quantitative estimate of drug-likeness (QED) is 0.313. The first-order chi connectivity index (χ1) is 16.6. The molecule has 5 aromatic rings. The molecule has 0 unspecified atom stereocenters. The summed E-state index contributed by atoms with van der Waals surface area (Å²) in [5.41, 5.74) is 4.82. The maximum absolute atomic E-state index is 12.8. The van der Waals surface area contributed by atoms with Crippen LogP contribution in [0.1, 0.15) is 18.2 Å². The summed E-state index contributed by atoms with van der Waals surface area (Å²) >= 11 is 0. The molecule has 0 saturated carbocycles. The molecule has 5 rings (SSSR count). The van der Waals surface area contributed by atoms with Crippen molar-refractivity contribution in [1.29, 1.82) is 0 Å². The summed E-state index contributed by atoms with van der Waals surface area (Å²) in [7, 11) is 0. The first kappa shape index (κ1) is 21.1. The van der Waals surface area contributed by atoms with Crippen LogP contribution in [0.15, 0.2) is 72.0 Å². The minimum atomic E-state index is -0.352. The highest BCUT2D eigenvalue weighted by Gasteiger charge is 2.15. The van der Waals surface area contributed by atoms with Crippen molar-refractivity contribution in [1.82, 2.24) is 35.0 Å². The van der Waals surface area contributed by atoms with E-state index in [9.17, 15) is 9.59 Å². The fourth-order valence-electron chi connectivity index (χ4n) is 3.72. The van der Waals surface area contributed by atoms with E-state index >= 15 is 0 Å². The Bertz CT molecular complexity index is 1500. The highest BCUT2D eigenvalue weighted by molar-refractivity contribution is 5.93. The first-order valence-corrected chi connectivity index (χ1v) is 10.8. The maximum Gasteiger partial charge on any atom is 0.321 e. The van der Waals surface area contributed by atoms with Gasteiger partial charge < -0.3 is 15.3 Å². The zero-order valence-electron chi connectivity index (χ0n) is 18.4. The van der Waals surface area contributed by atoms with Crippen LogP contribution in [0.25, 0.3) is 28.0 Å². The normalized spacial score (nSPS) is 11.0. The highest BCUT2D eigenvalue weighted by Crippen LogP contribution is 2.28. The number of carbonyl (C=O) groups excluding carboxylic acids is 1. The molecule has 4 aromatic heterocycles. The average Bonchev–Trinajstić information content (AvgIpc) is 3.50. The molecule has 0 spiro atoms. The van der Waals surface area contributed by atoms with Gasteiger partial charge in [0.1, 0.15) is 5.52 Å². The van der Waals surface area contributed by atoms with Crippen molar-refractivity contribution >= 4 is 23.0 Å². The lowest BCUT2D eigenvalue weighted by atomic mass is 10.1. The van der Waals surface area contributed by atoms with Crippen LogP contribution in [0.4, 0.5) is 10.7 Å². The molecule has 0 aliphatic rings. The largest absolute Gasteiger partial charge is 0.361 e. The van der Waals surface area contributed by atoms with Crippen LogP contribution in [-0.4, -0.2) is 42.3 Å². The number of pyridine rings is 2. The van der Waals surface area contributed by atoms with E-state index in [0.717, 1.165) is 11.3 Å². The summed E-state index contributed by atoms with van der Waals surface area (Å²) in [5.74, 6) is 0.311. The second kappa shape index (κ2) is 9.02. The fraction of sp³-hybridized carbons (Fsp3) is 0.125. The third-order valence-electron chi connectivity index (χ3n) is 5.29. The fourth-order valence-corrected chi connectivity index (χ4v) is 3.72. The van der Waals surface area contributed by atoms with Crippen LogP contribution in [0.5, 0.6) is 0 Å². The van der Waals surface area contributed by atoms with Crippen molar-refractivity contribution in [2.75, 3.05) is 11.9 Å². The summed E-state index contributed by atoms with van der Waals surface area (Å²) in [6.07, 6.45) is 7.36. The molecular weight excluding hydrogens is 432 g/mol. The number of hydrogen-bond donors (Lipinski definition) is 4. The molecule has 4 N–H and O–H groups in total. The number of benzene rings is 1. The van der Waals surface area contributed by atoms with E-state index in [4.69, 9.17) is 0 Å². The van der Waals surface area contributed by atoms with Crippen LogP contribution in [0.2, 0.25) is 0 Å². The molecule has 0 aliphatic carbocycles. The first-order valence-electron chi connectivity index (χ1n) is 10.8. The molecule has 10 heteroatoms. The Balaban J connectivity index is 1.55. The monoisotopic (exact) mass is 454 g/mol. The zero-order valence-corrected chi connectivity index (χ0v) is 18.4. The van der Waals surface area contributed by atoms with Crippen LogP contribution < -0.4 is 16.1 Å². The Hall–Kier alpha value is -4.73. The second-order valence-electron chi connectivity index (χ2n) is 7.65. The van der Waals surface area contributed by atoms with Crippen molar-refractivity contribution in [2.45, 2.75) is 13.3 Å². The summed E-state index contributed by atoms with van der Waals surface area (Å²) < 4.78 is 1.69. The number of amides is 2. The molecule has 10 nitrogen and oxygen atoms in total. The molecule has 0 radical (unpaired) electrons. The number of hydrogen-bond acceptors (Lipinski definition) is 5. The molecule has 0 saturated heterocycles. The van der Waals surface area contributed by atoms with E-state index in [0.29, 0.717) is 46.9 Å². The number of urea groups is 1. The van der Waals surface area contributed by atoms with Gasteiger partial charge in [-0.3, -0.25) is 15.1 Å². The van der Waals surface area contributed by atoms with Crippen LogP contribution in [-0.2, 0) is 6.42 Å². The number of carbonyl (C=O) groups is 1. The molecule has 1 aromatic carbocycles. The Kier molecular flexibility index (Phi) is 5.61. The maximum atomic E-state index is 12.8. The van der Waals surface area contributed by atoms with Gasteiger partial charge in [0.05, 0.1) is 11.2 Å². The Morgan fingerprint density at radius 3 is 2.79 bits per heavy atom. The van der Waals surface area contributed by atoms with Gasteiger partial charge in [0, 0.05) is 66.3 Å². The van der Waals surface area contributed by atoms with Crippen LogP contribution in [0.3, 0.4) is 0 Å². The van der Waals surface area contributed by atoms with Crippen LogP contribution >= 0.6 is 0 Å². The zero-order chi connectivity index (χ0) is 23.5. The number of nitrogens with one attached hydrogen (secondary N) is 4. The van der Waals surface area contributed by atoms with Crippen molar-refractivity contribution in [2.24, 2.45) is 0 Å². The molecular formula is C24H22N8O2. The van der Waals surface area contributed by atoms with Gasteiger partial charge in [0.15, 0.2) is 5.43 Å². The third-order valence-corrected chi connectivity index (χ3v) is 5.29. The topological polar surface area (TPSA) is 133 Å². The predicted octanol–water partition coefficient (Wildman–Crippen LogP) is 3.23. The van der Waals surface area contributed by atoms with Gasteiger partial charge in [0.25, 0.3) is 0 Å². The number of nitrogens with zero attached hydrogens (tertiary/aromatic N) is 4. The molecule has 0 bridgehead atoms. The summed E-state index contributed by atoms with van der Waals surface area (Å²) in [4.78, 5) is 40.0. The Morgan fingerprint density at radius 2 is 2.06 bits per heavy atom. The van der Waals surface area contributed by atoms with E-state index in [2.05, 4.69) is 35.7 Å². The molecule has 4 heterocycles. The van der Waals surface area contributed by atoms with Crippen molar-refractivity contribution in [3.05, 3.63) is 88.7 Å². The van der Waals surface area contributed by atoms with Gasteiger partial charge in [-0.05, 0) is 37.3 Å². The summed E-state index contributed by atoms with van der Waals surface area (Å²) in [6.45, 7) is 2.33. The SMILES string of the molecule is CCNC(=O)Nc1nc2c(-n3cccn3)cc(-c3cc(=O)c(Cc4ccccn4)c[nH]3)cc2[nH]1.